The van der Waals surface area contributed by atoms with Gasteiger partial charge in [-0.2, -0.15) is 0 Å². The molecule has 2 nitrogen and oxygen atoms in total. The van der Waals surface area contributed by atoms with Gasteiger partial charge in [0.15, 0.2) is 0 Å². The van der Waals surface area contributed by atoms with E-state index in [0.717, 1.165) is 34.9 Å². The number of rotatable bonds is 3. The number of hydrogen-bond acceptors (Lipinski definition) is 2. The van der Waals surface area contributed by atoms with Crippen molar-refractivity contribution in [1.29, 1.82) is 0 Å². The molecule has 1 aliphatic heterocycles. The predicted octanol–water partition coefficient (Wildman–Crippen LogP) is 4.63. The average Bonchev–Trinajstić information content (AvgIpc) is 2.48. The van der Waals surface area contributed by atoms with Crippen molar-refractivity contribution in [3.8, 4) is 0 Å². The Kier molecular flexibility index (Phi) is 4.46. The highest BCUT2D eigenvalue weighted by molar-refractivity contribution is 6.35. The van der Waals surface area contributed by atoms with E-state index in [1.165, 1.54) is 18.4 Å². The summed E-state index contributed by atoms with van der Waals surface area (Å²) in [6, 6.07) is 8.27. The number of halogens is 1. The molecule has 0 spiro atoms. The zero-order valence-electron chi connectivity index (χ0n) is 12.8. The van der Waals surface area contributed by atoms with Gasteiger partial charge in [-0.15, -0.1) is 0 Å². The number of pyridine rings is 1. The van der Waals surface area contributed by atoms with E-state index in [9.17, 15) is 0 Å². The van der Waals surface area contributed by atoms with E-state index >= 15 is 0 Å². The van der Waals surface area contributed by atoms with Gasteiger partial charge in [0, 0.05) is 16.6 Å². The summed E-state index contributed by atoms with van der Waals surface area (Å²) in [7, 11) is 0. The van der Waals surface area contributed by atoms with Gasteiger partial charge in [-0.25, -0.2) is 0 Å². The van der Waals surface area contributed by atoms with Crippen molar-refractivity contribution in [2.24, 2.45) is 11.8 Å². The van der Waals surface area contributed by atoms with Crippen molar-refractivity contribution in [3.05, 3.63) is 41.0 Å². The van der Waals surface area contributed by atoms with Crippen molar-refractivity contribution >= 4 is 22.5 Å². The zero-order chi connectivity index (χ0) is 14.8. The number of hydrogen-bond donors (Lipinski definition) is 1. The molecular weight excluding hydrogens is 280 g/mol. The van der Waals surface area contributed by atoms with Crippen LogP contribution in [0.25, 0.3) is 10.9 Å². The lowest BCUT2D eigenvalue weighted by molar-refractivity contribution is 0.281. The number of benzene rings is 1. The second-order valence-electron chi connectivity index (χ2n) is 6.53. The van der Waals surface area contributed by atoms with Crippen LogP contribution >= 0.6 is 11.6 Å². The van der Waals surface area contributed by atoms with Crippen LogP contribution in [0.1, 0.15) is 38.2 Å². The third kappa shape index (κ3) is 3.07. The maximum absolute atomic E-state index is 6.34. The summed E-state index contributed by atoms with van der Waals surface area (Å²) >= 11 is 6.34. The van der Waals surface area contributed by atoms with E-state index in [1.54, 1.807) is 0 Å². The lowest BCUT2D eigenvalue weighted by Gasteiger charge is -2.34. The molecule has 2 unspecified atom stereocenters. The van der Waals surface area contributed by atoms with Crippen molar-refractivity contribution in [2.45, 2.75) is 32.6 Å². The first-order chi connectivity index (χ1) is 10.2. The SMILES string of the molecule is CC(C)CC1CNCCC1c1ccc(Cl)c2cccnc12. The minimum Gasteiger partial charge on any atom is -0.316 e. The fourth-order valence-corrected chi connectivity index (χ4v) is 3.86. The Balaban J connectivity index is 2.03. The molecule has 1 aliphatic rings. The number of aromatic nitrogens is 1. The van der Waals surface area contributed by atoms with Gasteiger partial charge in [0.25, 0.3) is 0 Å². The molecular formula is C18H23ClN2. The van der Waals surface area contributed by atoms with Crippen LogP contribution in [0.5, 0.6) is 0 Å². The monoisotopic (exact) mass is 302 g/mol. The van der Waals surface area contributed by atoms with Gasteiger partial charge in [0.05, 0.1) is 5.52 Å². The largest absolute Gasteiger partial charge is 0.316 e. The highest BCUT2D eigenvalue weighted by Gasteiger charge is 2.28. The number of nitrogens with zero attached hydrogens (tertiary/aromatic N) is 1. The summed E-state index contributed by atoms with van der Waals surface area (Å²) < 4.78 is 0. The number of piperidine rings is 1. The van der Waals surface area contributed by atoms with Crippen LogP contribution in [0.2, 0.25) is 5.02 Å². The number of fused-ring (bicyclic) bond motifs is 1. The molecule has 1 aromatic heterocycles. The molecule has 112 valence electrons. The third-order valence-corrected chi connectivity index (χ3v) is 4.86. The molecule has 0 bridgehead atoms. The second-order valence-corrected chi connectivity index (χ2v) is 6.93. The topological polar surface area (TPSA) is 24.9 Å². The molecule has 0 radical (unpaired) electrons. The van der Waals surface area contributed by atoms with E-state index in [2.05, 4.69) is 36.3 Å². The van der Waals surface area contributed by atoms with Gasteiger partial charge in [-0.3, -0.25) is 4.98 Å². The summed E-state index contributed by atoms with van der Waals surface area (Å²) in [6.45, 7) is 6.82. The first kappa shape index (κ1) is 14.8. The quantitative estimate of drug-likeness (QED) is 0.894. The zero-order valence-corrected chi connectivity index (χ0v) is 13.5. The molecule has 2 aromatic rings. The fourth-order valence-electron chi connectivity index (χ4n) is 3.64. The second kappa shape index (κ2) is 6.33. The molecule has 0 aliphatic carbocycles. The molecule has 3 rings (SSSR count). The summed E-state index contributed by atoms with van der Waals surface area (Å²) in [6.07, 6.45) is 4.32. The van der Waals surface area contributed by atoms with Crippen LogP contribution < -0.4 is 5.32 Å². The predicted molar refractivity (Wildman–Crippen MR) is 89.9 cm³/mol. The molecule has 0 saturated carbocycles. The van der Waals surface area contributed by atoms with Crippen molar-refractivity contribution in [3.63, 3.8) is 0 Å². The van der Waals surface area contributed by atoms with Crippen molar-refractivity contribution in [2.75, 3.05) is 13.1 Å². The molecule has 1 N–H and O–H groups in total. The number of nitrogens with one attached hydrogen (secondary N) is 1. The van der Waals surface area contributed by atoms with E-state index in [4.69, 9.17) is 11.6 Å². The highest BCUT2D eigenvalue weighted by Crippen LogP contribution is 2.38. The summed E-state index contributed by atoms with van der Waals surface area (Å²) in [4.78, 5) is 4.63. The van der Waals surface area contributed by atoms with Crippen LogP contribution in [-0.2, 0) is 0 Å². The van der Waals surface area contributed by atoms with Crippen LogP contribution in [0.4, 0.5) is 0 Å². The summed E-state index contributed by atoms with van der Waals surface area (Å²) in [5.41, 5.74) is 2.47. The van der Waals surface area contributed by atoms with Gasteiger partial charge < -0.3 is 5.32 Å². The lowest BCUT2D eigenvalue weighted by atomic mass is 9.76. The van der Waals surface area contributed by atoms with Gasteiger partial charge in [-0.1, -0.05) is 31.5 Å². The lowest BCUT2D eigenvalue weighted by Crippen LogP contribution is -2.36. The first-order valence-electron chi connectivity index (χ1n) is 7.90. The van der Waals surface area contributed by atoms with Crippen molar-refractivity contribution < 1.29 is 0 Å². The van der Waals surface area contributed by atoms with Gasteiger partial charge >= 0.3 is 0 Å². The molecule has 0 amide bonds. The van der Waals surface area contributed by atoms with E-state index in [-0.39, 0.29) is 0 Å². The van der Waals surface area contributed by atoms with E-state index < -0.39 is 0 Å². The van der Waals surface area contributed by atoms with Gasteiger partial charge in [-0.05, 0) is 67.4 Å². The molecule has 1 fully saturated rings. The highest BCUT2D eigenvalue weighted by atomic mass is 35.5. The normalized spacial score (nSPS) is 22.9. The standard InChI is InChI=1S/C18H23ClN2/c1-12(2)10-13-11-20-9-7-14(13)15-5-6-17(19)16-4-3-8-21-18(15)16/h3-6,8,12-14,20H,7,9-11H2,1-2H3. The Bertz CT molecular complexity index is 624. The summed E-state index contributed by atoms with van der Waals surface area (Å²) in [5, 5.41) is 5.44. The minimum atomic E-state index is 0.586. The first-order valence-corrected chi connectivity index (χ1v) is 8.28. The fraction of sp³-hybridized carbons (Fsp3) is 0.500. The summed E-state index contributed by atoms with van der Waals surface area (Å²) in [5.74, 6) is 2.00. The maximum atomic E-state index is 6.34. The van der Waals surface area contributed by atoms with Crippen LogP contribution in [0.15, 0.2) is 30.5 Å². The van der Waals surface area contributed by atoms with Crippen LogP contribution in [0.3, 0.4) is 0 Å². The van der Waals surface area contributed by atoms with E-state index in [0.29, 0.717) is 11.8 Å². The maximum Gasteiger partial charge on any atom is 0.0751 e. The van der Waals surface area contributed by atoms with Crippen LogP contribution in [0, 0.1) is 11.8 Å². The Morgan fingerprint density at radius 1 is 1.33 bits per heavy atom. The van der Waals surface area contributed by atoms with E-state index in [1.807, 2.05) is 18.3 Å². The molecule has 2 heterocycles. The molecule has 1 saturated heterocycles. The Labute approximate surface area is 131 Å². The smallest absolute Gasteiger partial charge is 0.0751 e. The Morgan fingerprint density at radius 2 is 2.19 bits per heavy atom. The molecule has 21 heavy (non-hydrogen) atoms. The Morgan fingerprint density at radius 3 is 3.00 bits per heavy atom. The van der Waals surface area contributed by atoms with Gasteiger partial charge in [0.2, 0.25) is 0 Å². The average molecular weight is 303 g/mol. The molecule has 3 heteroatoms. The van der Waals surface area contributed by atoms with Gasteiger partial charge in [0.1, 0.15) is 0 Å². The Hall–Kier alpha value is -1.12. The minimum absolute atomic E-state index is 0.586. The third-order valence-electron chi connectivity index (χ3n) is 4.53. The van der Waals surface area contributed by atoms with Crippen LogP contribution in [-0.4, -0.2) is 18.1 Å². The molecule has 1 aromatic carbocycles. The molecule has 2 atom stereocenters. The van der Waals surface area contributed by atoms with Crippen molar-refractivity contribution in [1.82, 2.24) is 10.3 Å².